The Kier molecular flexibility index (Phi) is 7.30. The largest absolute Gasteiger partial charge is 0.481 e. The molecule has 2 nitrogen and oxygen atoms in total. The molecule has 0 bridgehead atoms. The summed E-state index contributed by atoms with van der Waals surface area (Å²) in [5, 5.41) is 8.93. The van der Waals surface area contributed by atoms with Crippen molar-refractivity contribution in [2.45, 2.75) is 77.6 Å². The third kappa shape index (κ3) is 5.56. The zero-order chi connectivity index (χ0) is 12.5. The summed E-state index contributed by atoms with van der Waals surface area (Å²) in [5.41, 5.74) is 0. The van der Waals surface area contributed by atoms with E-state index >= 15 is 0 Å². The fourth-order valence-electron chi connectivity index (χ4n) is 2.78. The lowest BCUT2D eigenvalue weighted by Crippen LogP contribution is -2.32. The Balaban J connectivity index is 1.86. The van der Waals surface area contributed by atoms with E-state index in [0.717, 1.165) is 19.3 Å². The van der Waals surface area contributed by atoms with Gasteiger partial charge in [0.2, 0.25) is 0 Å². The smallest absolute Gasteiger partial charge is 0.306 e. The summed E-state index contributed by atoms with van der Waals surface area (Å²) < 4.78 is 0. The molecule has 1 rings (SSSR count). The number of hydrogen-bond acceptors (Lipinski definition) is 1. The molecular formula is C15H28O2. The Hall–Kier alpha value is -0.530. The molecule has 0 heterocycles. The molecule has 1 N–H and O–H groups in total. The lowest BCUT2D eigenvalue weighted by atomic mass is 9.71. The summed E-state index contributed by atoms with van der Waals surface area (Å²) in [6.45, 7) is 2.25. The van der Waals surface area contributed by atoms with Gasteiger partial charge in [-0.05, 0) is 25.2 Å². The third-order valence-electron chi connectivity index (χ3n) is 4.16. The van der Waals surface area contributed by atoms with Crippen LogP contribution in [0, 0.1) is 11.8 Å². The maximum Gasteiger partial charge on any atom is 0.306 e. The van der Waals surface area contributed by atoms with Crippen molar-refractivity contribution in [3.63, 3.8) is 0 Å². The molecule has 0 radical (unpaired) electrons. The Morgan fingerprint density at radius 1 is 1.00 bits per heavy atom. The van der Waals surface area contributed by atoms with Gasteiger partial charge >= 0.3 is 5.97 Å². The second-order valence-electron chi connectivity index (χ2n) is 5.55. The molecule has 0 aromatic heterocycles. The molecule has 2 heteroatoms. The molecule has 17 heavy (non-hydrogen) atoms. The maximum absolute atomic E-state index is 10.8. The van der Waals surface area contributed by atoms with E-state index in [1.165, 1.54) is 51.4 Å². The average Bonchev–Trinajstić information content (AvgIpc) is 2.24. The summed E-state index contributed by atoms with van der Waals surface area (Å²) >= 11 is 0. The van der Waals surface area contributed by atoms with Crippen LogP contribution in [-0.2, 0) is 4.79 Å². The van der Waals surface area contributed by atoms with E-state index in [4.69, 9.17) is 5.11 Å². The molecule has 1 aliphatic rings. The summed E-state index contributed by atoms with van der Waals surface area (Å²) in [7, 11) is 0. The van der Waals surface area contributed by atoms with Crippen LogP contribution in [0.15, 0.2) is 0 Å². The molecule has 0 aliphatic heterocycles. The lowest BCUT2D eigenvalue weighted by Gasteiger charge is -2.33. The van der Waals surface area contributed by atoms with Crippen molar-refractivity contribution in [2.24, 2.45) is 11.8 Å². The summed E-state index contributed by atoms with van der Waals surface area (Å²) in [5.74, 6) is -0.0899. The first-order valence-corrected chi connectivity index (χ1v) is 7.48. The maximum atomic E-state index is 10.8. The van der Waals surface area contributed by atoms with Crippen molar-refractivity contribution in [3.8, 4) is 0 Å². The van der Waals surface area contributed by atoms with Gasteiger partial charge < -0.3 is 5.11 Å². The topological polar surface area (TPSA) is 37.3 Å². The van der Waals surface area contributed by atoms with Crippen molar-refractivity contribution in [3.05, 3.63) is 0 Å². The van der Waals surface area contributed by atoms with Gasteiger partial charge in [0.25, 0.3) is 0 Å². The van der Waals surface area contributed by atoms with Crippen LogP contribution in [0.25, 0.3) is 0 Å². The SMILES string of the molecule is CCCCCCCCCCC1CCC1C(=O)O. The normalized spacial score (nSPS) is 23.4. The molecule has 0 spiro atoms. The van der Waals surface area contributed by atoms with Crippen LogP contribution in [0.3, 0.4) is 0 Å². The van der Waals surface area contributed by atoms with E-state index in [1.54, 1.807) is 0 Å². The van der Waals surface area contributed by atoms with Crippen LogP contribution in [0.2, 0.25) is 0 Å². The van der Waals surface area contributed by atoms with Gasteiger partial charge in [0.1, 0.15) is 0 Å². The van der Waals surface area contributed by atoms with Crippen molar-refractivity contribution >= 4 is 5.97 Å². The Labute approximate surface area is 106 Å². The van der Waals surface area contributed by atoms with Crippen LogP contribution in [0.5, 0.6) is 0 Å². The first-order chi connectivity index (χ1) is 8.25. The number of carboxylic acids is 1. The van der Waals surface area contributed by atoms with Gasteiger partial charge in [-0.2, -0.15) is 0 Å². The average molecular weight is 240 g/mol. The van der Waals surface area contributed by atoms with Crippen molar-refractivity contribution < 1.29 is 9.90 Å². The zero-order valence-corrected chi connectivity index (χ0v) is 11.3. The van der Waals surface area contributed by atoms with E-state index in [0.29, 0.717) is 5.92 Å². The van der Waals surface area contributed by atoms with Gasteiger partial charge in [-0.1, -0.05) is 58.3 Å². The minimum atomic E-state index is -0.569. The molecule has 0 aromatic carbocycles. The second kappa shape index (κ2) is 8.54. The van der Waals surface area contributed by atoms with Crippen molar-refractivity contribution in [2.75, 3.05) is 0 Å². The summed E-state index contributed by atoms with van der Waals surface area (Å²) in [6, 6.07) is 0. The highest BCUT2D eigenvalue weighted by atomic mass is 16.4. The predicted octanol–water partition coefficient (Wildman–Crippen LogP) is 4.63. The summed E-state index contributed by atoms with van der Waals surface area (Å²) in [4.78, 5) is 10.8. The number of carboxylic acid groups (broad SMARTS) is 1. The van der Waals surface area contributed by atoms with E-state index in [9.17, 15) is 4.79 Å². The van der Waals surface area contributed by atoms with Gasteiger partial charge in [-0.15, -0.1) is 0 Å². The number of unbranched alkanes of at least 4 members (excludes halogenated alkanes) is 7. The van der Waals surface area contributed by atoms with Crippen LogP contribution >= 0.6 is 0 Å². The molecule has 2 unspecified atom stereocenters. The molecule has 0 saturated heterocycles. The van der Waals surface area contributed by atoms with Gasteiger partial charge in [-0.25, -0.2) is 0 Å². The molecule has 1 aliphatic carbocycles. The van der Waals surface area contributed by atoms with Crippen LogP contribution in [0.1, 0.15) is 77.6 Å². The van der Waals surface area contributed by atoms with Gasteiger partial charge in [0.15, 0.2) is 0 Å². The lowest BCUT2D eigenvalue weighted by molar-refractivity contribution is -0.147. The van der Waals surface area contributed by atoms with E-state index in [2.05, 4.69) is 6.92 Å². The number of aliphatic carboxylic acids is 1. The number of rotatable bonds is 10. The number of carbonyl (C=O) groups is 1. The third-order valence-corrected chi connectivity index (χ3v) is 4.16. The zero-order valence-electron chi connectivity index (χ0n) is 11.3. The summed E-state index contributed by atoms with van der Waals surface area (Å²) in [6.07, 6.45) is 13.9. The fraction of sp³-hybridized carbons (Fsp3) is 0.933. The molecule has 1 fully saturated rings. The minimum absolute atomic E-state index is 0.0143. The van der Waals surface area contributed by atoms with Gasteiger partial charge in [-0.3, -0.25) is 4.79 Å². The fourth-order valence-corrected chi connectivity index (χ4v) is 2.78. The van der Waals surface area contributed by atoms with E-state index in [-0.39, 0.29) is 5.92 Å². The van der Waals surface area contributed by atoms with Gasteiger partial charge in [0, 0.05) is 0 Å². The first kappa shape index (κ1) is 14.5. The molecule has 100 valence electrons. The van der Waals surface area contributed by atoms with Crippen LogP contribution in [-0.4, -0.2) is 11.1 Å². The second-order valence-corrected chi connectivity index (χ2v) is 5.55. The Morgan fingerprint density at radius 2 is 1.59 bits per heavy atom. The molecule has 0 aromatic rings. The Morgan fingerprint density at radius 3 is 2.06 bits per heavy atom. The van der Waals surface area contributed by atoms with Crippen molar-refractivity contribution in [1.82, 2.24) is 0 Å². The first-order valence-electron chi connectivity index (χ1n) is 7.48. The van der Waals surface area contributed by atoms with Crippen molar-refractivity contribution in [1.29, 1.82) is 0 Å². The highest BCUT2D eigenvalue weighted by molar-refractivity contribution is 5.71. The molecule has 2 atom stereocenters. The standard InChI is InChI=1S/C15H28O2/c1-2-3-4-5-6-7-8-9-10-13-11-12-14(13)15(16)17/h13-14H,2-12H2,1H3,(H,16,17). The number of hydrogen-bond donors (Lipinski definition) is 1. The molecular weight excluding hydrogens is 212 g/mol. The Bertz CT molecular complexity index is 213. The highest BCUT2D eigenvalue weighted by Gasteiger charge is 2.35. The highest BCUT2D eigenvalue weighted by Crippen LogP contribution is 2.38. The minimum Gasteiger partial charge on any atom is -0.481 e. The van der Waals surface area contributed by atoms with E-state index < -0.39 is 5.97 Å². The van der Waals surface area contributed by atoms with Gasteiger partial charge in [0.05, 0.1) is 5.92 Å². The van der Waals surface area contributed by atoms with Crippen LogP contribution in [0.4, 0.5) is 0 Å². The molecule has 0 amide bonds. The van der Waals surface area contributed by atoms with Crippen LogP contribution < -0.4 is 0 Å². The molecule has 1 saturated carbocycles. The monoisotopic (exact) mass is 240 g/mol. The predicted molar refractivity (Wildman–Crippen MR) is 71.1 cm³/mol. The quantitative estimate of drug-likeness (QED) is 0.565. The van der Waals surface area contributed by atoms with E-state index in [1.807, 2.05) is 0 Å².